The monoisotopic (exact) mass is 339 g/mol. The Morgan fingerprint density at radius 3 is 2.38 bits per heavy atom. The van der Waals surface area contributed by atoms with E-state index in [4.69, 9.17) is 0 Å². The summed E-state index contributed by atoms with van der Waals surface area (Å²) in [6.45, 7) is 4.94. The Hall–Kier alpha value is 1.38. The van der Waals surface area contributed by atoms with Crippen LogP contribution in [-0.2, 0) is 0 Å². The molecule has 0 aromatic heterocycles. The first-order valence-electron chi connectivity index (χ1n) is 2.65. The fraction of sp³-hybridized carbons (Fsp3) is 1.00. The first-order chi connectivity index (χ1) is 3.93. The fourth-order valence-corrected chi connectivity index (χ4v) is 3.99. The van der Waals surface area contributed by atoms with Crippen LogP contribution in [0.3, 0.4) is 0 Å². The van der Waals surface area contributed by atoms with Gasteiger partial charge < -0.3 is 0 Å². The van der Waals surface area contributed by atoms with E-state index in [1.165, 1.54) is 26.2 Å². The van der Waals surface area contributed by atoms with Crippen molar-refractivity contribution in [1.29, 1.82) is 0 Å². The molecule has 50 valence electrons. The van der Waals surface area contributed by atoms with Crippen molar-refractivity contribution >= 4 is 18.6 Å². The molecule has 0 aromatic rings. The van der Waals surface area contributed by atoms with Crippen molar-refractivity contribution in [1.82, 2.24) is 8.43 Å². The second kappa shape index (κ2) is 4.24. The maximum absolute atomic E-state index is 3.32. The standard InChI is InChI=1S/C4H9I2N2/c5-6-8-3-1-7-2-4-8/h7H,1-4H2/q-1. The molecular weight excluding hydrogens is 330 g/mol. The van der Waals surface area contributed by atoms with E-state index in [1.807, 2.05) is 0 Å². The molecule has 0 bridgehead atoms. The zero-order valence-electron chi connectivity index (χ0n) is 4.53. The molecule has 1 aliphatic rings. The molecule has 8 heavy (non-hydrogen) atoms. The molecule has 2 nitrogen and oxygen atoms in total. The number of nitrogens with one attached hydrogen (secondary N) is 1. The molecule has 0 amide bonds. The van der Waals surface area contributed by atoms with Crippen molar-refractivity contribution in [3.8, 4) is 0 Å². The summed E-state index contributed by atoms with van der Waals surface area (Å²) in [5.41, 5.74) is 0. The Morgan fingerprint density at radius 1 is 1.38 bits per heavy atom. The Labute approximate surface area is 70.2 Å². The molecule has 0 saturated carbocycles. The SMILES string of the molecule is I[I-]N1CCNCC1. The Kier molecular flexibility index (Phi) is 3.96. The number of halogens is 2. The first-order valence-corrected chi connectivity index (χ1v) is 9.90. The molecule has 0 atom stereocenters. The third-order valence-corrected chi connectivity index (χ3v) is 6.09. The molecule has 4 heteroatoms. The number of nitrogens with zero attached hydrogens (tertiary/aromatic N) is 1. The van der Waals surface area contributed by atoms with Gasteiger partial charge in [-0.05, 0) is 0 Å². The second-order valence-corrected chi connectivity index (χ2v) is 5.90. The van der Waals surface area contributed by atoms with Gasteiger partial charge in [0.25, 0.3) is 0 Å². The van der Waals surface area contributed by atoms with E-state index in [9.17, 15) is 0 Å². The Bertz CT molecular complexity index is 63.1. The Balaban J connectivity index is 2.13. The molecule has 0 spiro atoms. The van der Waals surface area contributed by atoms with Gasteiger partial charge in [0.2, 0.25) is 0 Å². The third kappa shape index (κ3) is 2.32. The summed E-state index contributed by atoms with van der Waals surface area (Å²) in [5.74, 6) is 0. The van der Waals surface area contributed by atoms with Gasteiger partial charge in [-0.2, -0.15) is 0 Å². The molecule has 1 fully saturated rings. The quantitative estimate of drug-likeness (QED) is 0.412. The van der Waals surface area contributed by atoms with Crippen LogP contribution < -0.4 is 22.8 Å². The van der Waals surface area contributed by atoms with Crippen LogP contribution >= 0.6 is 18.6 Å². The van der Waals surface area contributed by atoms with Crippen LogP contribution in [0.25, 0.3) is 0 Å². The summed E-state index contributed by atoms with van der Waals surface area (Å²) in [6.07, 6.45) is 0. The molecule has 0 aliphatic carbocycles. The number of hydrogen-bond donors (Lipinski definition) is 1. The molecule has 1 saturated heterocycles. The normalized spacial score (nSPS) is 24.1. The summed E-state index contributed by atoms with van der Waals surface area (Å²) < 4.78 is 2.55. The van der Waals surface area contributed by atoms with Crippen molar-refractivity contribution in [3.63, 3.8) is 0 Å². The molecular formula is C4H9I2N2-. The topological polar surface area (TPSA) is 15.3 Å². The van der Waals surface area contributed by atoms with Gasteiger partial charge in [0.1, 0.15) is 0 Å². The van der Waals surface area contributed by atoms with Gasteiger partial charge in [-0.15, -0.1) is 0 Å². The van der Waals surface area contributed by atoms with E-state index < -0.39 is 0 Å². The molecule has 1 rings (SSSR count). The van der Waals surface area contributed by atoms with E-state index in [2.05, 4.69) is 27.0 Å². The predicted octanol–water partition coefficient (Wildman–Crippen LogP) is -2.75. The van der Waals surface area contributed by atoms with Gasteiger partial charge in [-0.1, -0.05) is 0 Å². The van der Waals surface area contributed by atoms with Crippen LogP contribution in [0.2, 0.25) is 0 Å². The van der Waals surface area contributed by atoms with Crippen molar-refractivity contribution < 1.29 is 17.5 Å². The maximum atomic E-state index is 3.32. The minimum atomic E-state index is 0.350. The molecule has 1 aliphatic heterocycles. The van der Waals surface area contributed by atoms with Gasteiger partial charge >= 0.3 is 70.7 Å². The van der Waals surface area contributed by atoms with Crippen LogP contribution in [0.1, 0.15) is 0 Å². The van der Waals surface area contributed by atoms with Crippen LogP contribution in [0, 0.1) is 0 Å². The van der Waals surface area contributed by atoms with Crippen molar-refractivity contribution in [2.75, 3.05) is 26.2 Å². The summed E-state index contributed by atoms with van der Waals surface area (Å²) in [7, 11) is 0. The molecule has 1 N–H and O–H groups in total. The summed E-state index contributed by atoms with van der Waals surface area (Å²) in [6, 6.07) is 0. The zero-order chi connectivity index (χ0) is 5.82. The zero-order valence-corrected chi connectivity index (χ0v) is 8.85. The van der Waals surface area contributed by atoms with Crippen molar-refractivity contribution in [2.45, 2.75) is 0 Å². The van der Waals surface area contributed by atoms with E-state index in [0.29, 0.717) is 17.5 Å². The van der Waals surface area contributed by atoms with Crippen LogP contribution in [0.5, 0.6) is 0 Å². The van der Waals surface area contributed by atoms with E-state index in [1.54, 1.807) is 0 Å². The summed E-state index contributed by atoms with van der Waals surface area (Å²) >= 11 is 2.86. The van der Waals surface area contributed by atoms with Crippen LogP contribution in [-0.4, -0.2) is 29.3 Å². The van der Waals surface area contributed by atoms with Crippen LogP contribution in [0.4, 0.5) is 0 Å². The molecule has 0 unspecified atom stereocenters. The average Bonchev–Trinajstić information content (AvgIpc) is 1.90. The summed E-state index contributed by atoms with van der Waals surface area (Å²) in [5, 5.41) is 3.32. The number of piperazine rings is 1. The van der Waals surface area contributed by atoms with Gasteiger partial charge in [0, 0.05) is 0 Å². The number of hydrogen-bond acceptors (Lipinski definition) is 2. The molecule has 0 aromatic carbocycles. The van der Waals surface area contributed by atoms with Gasteiger partial charge in [0.15, 0.2) is 0 Å². The van der Waals surface area contributed by atoms with E-state index in [-0.39, 0.29) is 0 Å². The van der Waals surface area contributed by atoms with Gasteiger partial charge in [0.05, 0.1) is 0 Å². The molecule has 1 heterocycles. The summed E-state index contributed by atoms with van der Waals surface area (Å²) in [4.78, 5) is 0. The minimum absolute atomic E-state index is 0.350. The second-order valence-electron chi connectivity index (χ2n) is 1.72. The third-order valence-electron chi connectivity index (χ3n) is 1.15. The first kappa shape index (κ1) is 7.49. The Morgan fingerprint density at radius 2 is 2.00 bits per heavy atom. The van der Waals surface area contributed by atoms with Gasteiger partial charge in [-0.3, -0.25) is 0 Å². The fourth-order valence-electron chi connectivity index (χ4n) is 0.701. The predicted molar refractivity (Wildman–Crippen MR) is 38.5 cm³/mol. The molecule has 0 radical (unpaired) electrons. The van der Waals surface area contributed by atoms with E-state index in [0.717, 1.165) is 0 Å². The van der Waals surface area contributed by atoms with E-state index >= 15 is 0 Å². The number of rotatable bonds is 1. The van der Waals surface area contributed by atoms with Crippen molar-refractivity contribution in [2.24, 2.45) is 0 Å². The average molecular weight is 339 g/mol. The van der Waals surface area contributed by atoms with Gasteiger partial charge in [-0.25, -0.2) is 0 Å². The van der Waals surface area contributed by atoms with Crippen LogP contribution in [0.15, 0.2) is 0 Å². The van der Waals surface area contributed by atoms with Crippen molar-refractivity contribution in [3.05, 3.63) is 0 Å².